The SMILES string of the molecule is CC12N3CN4C(=O)N5CN6C(=O)N7CN8C(=O)N9CN%10C(=O)N%11CN%12C(=O)N%13CN(C3=O)C1(C)N1CN3C(=O)N(CN%14C(=O)N(CN%15C(=O)N(CN%16C(=O)N(CN%17C(=O)N(CN2C1=O)C4C5%17)C6C7%16)C8(C)C9%15C)C%10C%11%14)C%12C%133. The number of carbonyl (C=O) groups is 12. The molecule has 18 rings (SSSR count). The third kappa shape index (κ3) is 3.40. The highest BCUT2D eigenvalue weighted by Crippen LogP contribution is 2.59. The van der Waals surface area contributed by atoms with Gasteiger partial charge in [0.25, 0.3) is 0 Å². The molecule has 36 nitrogen and oxygen atoms in total. The molecule has 24 amide bonds. The van der Waals surface area contributed by atoms with Crippen molar-refractivity contribution in [3.05, 3.63) is 0 Å². The van der Waals surface area contributed by atoms with Crippen LogP contribution in [0.2, 0.25) is 0 Å². The molecule has 18 aliphatic heterocycles. The van der Waals surface area contributed by atoms with Crippen LogP contribution in [0.4, 0.5) is 57.5 Å². The summed E-state index contributed by atoms with van der Waals surface area (Å²) in [5, 5.41) is 0. The van der Waals surface area contributed by atoms with Gasteiger partial charge in [-0.05, 0) is 27.7 Å². The summed E-state index contributed by atoms with van der Waals surface area (Å²) in [6.45, 7) is 0.622. The molecule has 0 unspecified atom stereocenters. The quantitative estimate of drug-likeness (QED) is 0.224. The lowest BCUT2D eigenvalue weighted by Crippen LogP contribution is -2.71. The topological polar surface area (TPSA) is 283 Å². The second-order valence-corrected chi connectivity index (χ2v) is 23.4. The fraction of sp³-hybridized carbons (Fsp3) is 0.700. The van der Waals surface area contributed by atoms with Gasteiger partial charge >= 0.3 is 72.4 Å². The van der Waals surface area contributed by atoms with Crippen LogP contribution in [0.25, 0.3) is 0 Å². The summed E-state index contributed by atoms with van der Waals surface area (Å²) in [5.74, 6) is 0. The van der Waals surface area contributed by atoms with Gasteiger partial charge in [-0.15, -0.1) is 0 Å². The van der Waals surface area contributed by atoms with E-state index < -0.39 is 224 Å². The van der Waals surface area contributed by atoms with E-state index in [9.17, 15) is 0 Å². The minimum atomic E-state index is -1.72. The molecular weight excluding hydrogens is 1010 g/mol. The summed E-state index contributed by atoms with van der Waals surface area (Å²) >= 11 is 0. The Labute approximate surface area is 426 Å². The fourth-order valence-electron chi connectivity index (χ4n) is 17.5. The maximum absolute atomic E-state index is 15.6. The third-order valence-electron chi connectivity index (χ3n) is 21.5. The van der Waals surface area contributed by atoms with Crippen LogP contribution >= 0.6 is 0 Å². The third-order valence-corrected chi connectivity index (χ3v) is 21.5. The maximum Gasteiger partial charge on any atom is 0.326 e. The molecule has 0 radical (unpaired) electrons. The fourth-order valence-corrected chi connectivity index (χ4v) is 17.5. The molecular formula is C40H44N24O12. The minimum absolute atomic E-state index is 0.479. The van der Waals surface area contributed by atoms with E-state index in [-0.39, 0.29) is 0 Å². The predicted molar refractivity (Wildman–Crippen MR) is 231 cm³/mol. The van der Waals surface area contributed by atoms with Crippen molar-refractivity contribution in [1.29, 1.82) is 0 Å². The summed E-state index contributed by atoms with van der Waals surface area (Å²) in [6.07, 6.45) is -9.54. The zero-order valence-corrected chi connectivity index (χ0v) is 40.7. The molecule has 0 atom stereocenters. The van der Waals surface area contributed by atoms with E-state index in [2.05, 4.69) is 0 Å². The van der Waals surface area contributed by atoms with E-state index in [1.54, 1.807) is 27.7 Å². The Balaban J connectivity index is 0.852. The molecule has 0 spiro atoms. The molecule has 18 saturated heterocycles. The molecule has 18 fully saturated rings. The second-order valence-electron chi connectivity index (χ2n) is 23.4. The average Bonchev–Trinajstić information content (AvgIpc) is 3.77. The normalized spacial score (nSPS) is 42.8. The van der Waals surface area contributed by atoms with Crippen molar-refractivity contribution in [2.45, 2.75) is 99.7 Å². The first-order chi connectivity index (χ1) is 36.2. The van der Waals surface area contributed by atoms with Gasteiger partial charge in [0.1, 0.15) is 80.0 Å². The monoisotopic (exact) mass is 1050 g/mol. The number of amides is 24. The lowest BCUT2D eigenvalue weighted by atomic mass is 9.95. The van der Waals surface area contributed by atoms with E-state index in [1.807, 2.05) is 0 Å². The molecule has 0 aromatic carbocycles. The van der Waals surface area contributed by atoms with Gasteiger partial charge in [0.05, 0.1) is 0 Å². The van der Waals surface area contributed by atoms with Crippen molar-refractivity contribution in [2.75, 3.05) is 80.0 Å². The molecule has 0 aromatic rings. The summed E-state index contributed by atoms with van der Waals surface area (Å²) < 4.78 is 0. The Morgan fingerprint density at radius 1 is 0.197 bits per heavy atom. The summed E-state index contributed by atoms with van der Waals surface area (Å²) in [4.78, 5) is 218. The predicted octanol–water partition coefficient (Wildman–Crippen LogP) is -4.10. The lowest BCUT2D eigenvalue weighted by Gasteiger charge is -2.50. The van der Waals surface area contributed by atoms with E-state index in [4.69, 9.17) is 0 Å². The Bertz CT molecular complexity index is 2610. The van der Waals surface area contributed by atoms with Crippen molar-refractivity contribution in [3.8, 4) is 0 Å². The van der Waals surface area contributed by atoms with Crippen LogP contribution in [0.15, 0.2) is 0 Å². The maximum atomic E-state index is 15.6. The lowest BCUT2D eigenvalue weighted by molar-refractivity contribution is -0.107. The zero-order valence-electron chi connectivity index (χ0n) is 40.7. The van der Waals surface area contributed by atoms with Crippen LogP contribution in [0.1, 0.15) is 27.7 Å². The van der Waals surface area contributed by atoms with Gasteiger partial charge in [-0.3, -0.25) is 118 Å². The zero-order chi connectivity index (χ0) is 51.9. The van der Waals surface area contributed by atoms with E-state index in [0.717, 1.165) is 0 Å². The standard InChI is InChI=1S/C40H44N24O12/c1-37-38(2)59-11-51-22-18-43(27(51)67)7-47-20-24-55(31(47)71)15-63-35(75)61-13-53-23-19-45(29(53)69)5-41-17-21(49(25(41)65)9-57(37)33(59)73)50-10-58(37)34(74)60(38)12-52(22)28(68)44(18)8-48(20)32(72)56(24)16-64-36(76)62(39(61,3)40(63,64)4)14-54(23)30(70)46(19)6-42(17)26(50)66/h17-24H,5-16H2,1-4H3. The van der Waals surface area contributed by atoms with Crippen LogP contribution in [0.3, 0.4) is 0 Å². The first kappa shape index (κ1) is 40.6. The van der Waals surface area contributed by atoms with Crippen LogP contribution in [0, 0.1) is 0 Å². The molecule has 76 heavy (non-hydrogen) atoms. The smallest absolute Gasteiger partial charge is 0.282 e. The molecule has 0 N–H and O–H groups in total. The summed E-state index contributed by atoms with van der Waals surface area (Å²) in [6, 6.07) is -8.12. The van der Waals surface area contributed by atoms with Crippen LogP contribution in [-0.2, 0) is 0 Å². The van der Waals surface area contributed by atoms with E-state index in [0.29, 0.717) is 0 Å². The number of hydrogen-bond donors (Lipinski definition) is 0. The van der Waals surface area contributed by atoms with Crippen molar-refractivity contribution < 1.29 is 57.5 Å². The van der Waals surface area contributed by atoms with Crippen molar-refractivity contribution in [2.24, 2.45) is 0 Å². The first-order valence-corrected chi connectivity index (χ1v) is 25.2. The highest BCUT2D eigenvalue weighted by atomic mass is 16.3. The summed E-state index contributed by atoms with van der Waals surface area (Å²) in [5.41, 5.74) is -6.90. The van der Waals surface area contributed by atoms with Crippen molar-refractivity contribution in [1.82, 2.24) is 118 Å². The number of carbonyl (C=O) groups excluding carboxylic acids is 12. The van der Waals surface area contributed by atoms with Crippen molar-refractivity contribution in [3.63, 3.8) is 0 Å². The molecule has 0 aromatic heterocycles. The van der Waals surface area contributed by atoms with E-state index >= 15 is 57.5 Å². The number of urea groups is 12. The van der Waals surface area contributed by atoms with Gasteiger partial charge in [-0.2, -0.15) is 0 Å². The second kappa shape index (κ2) is 11.1. The largest absolute Gasteiger partial charge is 0.326 e. The Hall–Kier alpha value is -8.76. The molecule has 18 aliphatic rings. The van der Waals surface area contributed by atoms with Gasteiger partial charge in [-0.1, -0.05) is 0 Å². The number of nitrogens with zero attached hydrogens (tertiary/aromatic N) is 24. The van der Waals surface area contributed by atoms with Gasteiger partial charge in [0, 0.05) is 0 Å². The van der Waals surface area contributed by atoms with Crippen LogP contribution in [-0.4, -0.2) is 342 Å². The average molecular weight is 1050 g/mol. The molecule has 18 heterocycles. The molecule has 36 heteroatoms. The molecule has 0 aliphatic carbocycles. The number of hydrogen-bond acceptors (Lipinski definition) is 12. The highest BCUT2D eigenvalue weighted by molar-refractivity contribution is 5.96. The van der Waals surface area contributed by atoms with Crippen LogP contribution in [0.5, 0.6) is 0 Å². The van der Waals surface area contributed by atoms with Gasteiger partial charge < -0.3 is 0 Å². The Kier molecular flexibility index (Phi) is 5.94. The summed E-state index contributed by atoms with van der Waals surface area (Å²) in [7, 11) is 0. The Morgan fingerprint density at radius 2 is 0.303 bits per heavy atom. The van der Waals surface area contributed by atoms with E-state index in [1.165, 1.54) is 118 Å². The molecule has 0 bridgehead atoms. The van der Waals surface area contributed by atoms with Gasteiger partial charge in [0.15, 0.2) is 72.0 Å². The highest BCUT2D eigenvalue weighted by Gasteiger charge is 2.83. The number of rotatable bonds is 0. The Morgan fingerprint density at radius 3 is 0.421 bits per heavy atom. The molecule has 0 saturated carbocycles. The van der Waals surface area contributed by atoms with Gasteiger partial charge in [-0.25, -0.2) is 57.5 Å². The van der Waals surface area contributed by atoms with Crippen molar-refractivity contribution >= 4 is 72.4 Å². The minimum Gasteiger partial charge on any atom is -0.282 e. The molecule has 396 valence electrons. The first-order valence-electron chi connectivity index (χ1n) is 25.2. The van der Waals surface area contributed by atoms with Crippen LogP contribution < -0.4 is 0 Å². The van der Waals surface area contributed by atoms with Gasteiger partial charge in [0.2, 0.25) is 0 Å².